The van der Waals surface area contributed by atoms with Crippen LogP contribution in [0, 0.1) is 11.8 Å². The number of anilines is 1. The van der Waals surface area contributed by atoms with Crippen molar-refractivity contribution in [3.63, 3.8) is 0 Å². The number of hydrogen-bond acceptors (Lipinski definition) is 2. The Bertz CT molecular complexity index is 489. The highest BCUT2D eigenvalue weighted by molar-refractivity contribution is 7.80. The van der Waals surface area contributed by atoms with Crippen LogP contribution in [0.4, 0.5) is 5.69 Å². The Labute approximate surface area is 125 Å². The summed E-state index contributed by atoms with van der Waals surface area (Å²) in [5.41, 5.74) is 7.85. The molecule has 2 nitrogen and oxygen atoms in total. The minimum absolute atomic E-state index is 0.413. The maximum atomic E-state index is 6.06. The number of piperidine rings is 1. The van der Waals surface area contributed by atoms with Crippen molar-refractivity contribution in [3.8, 4) is 0 Å². The van der Waals surface area contributed by atoms with E-state index in [1.807, 2.05) is 18.2 Å². The number of nitrogens with zero attached hydrogens (tertiary/aromatic N) is 1. The highest BCUT2D eigenvalue weighted by Crippen LogP contribution is 2.34. The lowest BCUT2D eigenvalue weighted by Gasteiger charge is -2.43. The van der Waals surface area contributed by atoms with Crippen LogP contribution >= 0.6 is 23.8 Å². The predicted octanol–water partition coefficient (Wildman–Crippen LogP) is 3.85. The van der Waals surface area contributed by atoms with E-state index in [0.717, 1.165) is 17.8 Å². The molecular weight excluding hydrogens is 276 g/mol. The van der Waals surface area contributed by atoms with Crippen LogP contribution in [0.1, 0.15) is 32.8 Å². The molecule has 1 heterocycles. The van der Waals surface area contributed by atoms with Crippen molar-refractivity contribution in [1.29, 1.82) is 0 Å². The smallest absolute Gasteiger partial charge is 0.106 e. The molecule has 1 aromatic carbocycles. The standard InChI is InChI=1S/C15H21ClN2S/c1-9-6-10(2)11(3)18(8-9)14-5-4-12(16)7-13(14)15(17)19/h4-5,7,9-11H,6,8H2,1-3H3,(H2,17,19). The van der Waals surface area contributed by atoms with Crippen LogP contribution in [-0.2, 0) is 0 Å². The van der Waals surface area contributed by atoms with E-state index in [0.29, 0.717) is 27.9 Å². The summed E-state index contributed by atoms with van der Waals surface area (Å²) in [6, 6.07) is 6.31. The molecule has 1 saturated heterocycles. The van der Waals surface area contributed by atoms with Crippen LogP contribution in [0.3, 0.4) is 0 Å². The van der Waals surface area contributed by atoms with E-state index in [-0.39, 0.29) is 0 Å². The van der Waals surface area contributed by atoms with Gasteiger partial charge in [-0.2, -0.15) is 0 Å². The molecule has 0 spiro atoms. The van der Waals surface area contributed by atoms with Crippen molar-refractivity contribution in [1.82, 2.24) is 0 Å². The second kappa shape index (κ2) is 5.68. The quantitative estimate of drug-likeness (QED) is 0.841. The lowest BCUT2D eigenvalue weighted by molar-refractivity contribution is 0.297. The molecule has 0 radical (unpaired) electrons. The summed E-state index contributed by atoms with van der Waals surface area (Å²) in [4.78, 5) is 2.83. The summed E-state index contributed by atoms with van der Waals surface area (Å²) in [6.07, 6.45) is 1.27. The average Bonchev–Trinajstić information content (AvgIpc) is 2.34. The Kier molecular flexibility index (Phi) is 4.36. The van der Waals surface area contributed by atoms with Gasteiger partial charge in [-0.25, -0.2) is 0 Å². The van der Waals surface area contributed by atoms with Gasteiger partial charge >= 0.3 is 0 Å². The number of hydrogen-bond donors (Lipinski definition) is 1. The van der Waals surface area contributed by atoms with E-state index in [9.17, 15) is 0 Å². The largest absolute Gasteiger partial charge is 0.389 e. The first-order valence-electron chi connectivity index (χ1n) is 6.76. The molecule has 19 heavy (non-hydrogen) atoms. The number of rotatable bonds is 2. The molecule has 104 valence electrons. The van der Waals surface area contributed by atoms with Gasteiger partial charge in [0.05, 0.1) is 0 Å². The van der Waals surface area contributed by atoms with E-state index < -0.39 is 0 Å². The van der Waals surface area contributed by atoms with E-state index in [1.165, 1.54) is 6.42 Å². The molecule has 2 N–H and O–H groups in total. The van der Waals surface area contributed by atoms with Crippen LogP contribution in [0.5, 0.6) is 0 Å². The topological polar surface area (TPSA) is 29.3 Å². The normalized spacial score (nSPS) is 27.4. The summed E-state index contributed by atoms with van der Waals surface area (Å²) in [7, 11) is 0. The van der Waals surface area contributed by atoms with Crippen molar-refractivity contribution >= 4 is 34.5 Å². The van der Waals surface area contributed by atoms with Crippen LogP contribution in [0.25, 0.3) is 0 Å². The Morgan fingerprint density at radius 1 is 1.37 bits per heavy atom. The molecule has 1 aliphatic rings. The van der Waals surface area contributed by atoms with E-state index in [2.05, 4.69) is 25.7 Å². The van der Waals surface area contributed by atoms with Gasteiger partial charge in [-0.1, -0.05) is 37.7 Å². The third-order valence-electron chi connectivity index (χ3n) is 4.13. The van der Waals surface area contributed by atoms with Crippen LogP contribution in [0.15, 0.2) is 18.2 Å². The minimum atomic E-state index is 0.413. The third-order valence-corrected chi connectivity index (χ3v) is 4.59. The summed E-state index contributed by atoms with van der Waals surface area (Å²) in [5.74, 6) is 1.35. The first-order valence-corrected chi connectivity index (χ1v) is 7.54. The molecule has 0 aliphatic carbocycles. The molecule has 3 unspecified atom stereocenters. The Balaban J connectivity index is 2.42. The van der Waals surface area contributed by atoms with Gasteiger partial charge in [0.15, 0.2) is 0 Å². The molecule has 0 bridgehead atoms. The summed E-state index contributed by atoms with van der Waals surface area (Å²) >= 11 is 11.2. The summed E-state index contributed by atoms with van der Waals surface area (Å²) in [6.45, 7) is 7.92. The van der Waals surface area contributed by atoms with Crippen molar-refractivity contribution < 1.29 is 0 Å². The van der Waals surface area contributed by atoms with E-state index in [1.54, 1.807) is 0 Å². The van der Waals surface area contributed by atoms with Crippen molar-refractivity contribution in [3.05, 3.63) is 28.8 Å². The molecule has 0 amide bonds. The molecule has 2 rings (SSSR count). The van der Waals surface area contributed by atoms with Gasteiger partial charge in [-0.3, -0.25) is 0 Å². The fourth-order valence-corrected chi connectivity index (χ4v) is 3.32. The van der Waals surface area contributed by atoms with Gasteiger partial charge in [0.1, 0.15) is 4.99 Å². The van der Waals surface area contributed by atoms with Gasteiger partial charge in [0, 0.05) is 28.9 Å². The third kappa shape index (κ3) is 3.03. The lowest BCUT2D eigenvalue weighted by atomic mass is 9.85. The van der Waals surface area contributed by atoms with Crippen molar-refractivity contribution in [2.24, 2.45) is 17.6 Å². The Hall–Kier alpha value is -0.800. The molecule has 3 atom stereocenters. The van der Waals surface area contributed by atoms with Gasteiger partial charge in [0.2, 0.25) is 0 Å². The zero-order valence-corrected chi connectivity index (χ0v) is 13.3. The van der Waals surface area contributed by atoms with Gasteiger partial charge in [0.25, 0.3) is 0 Å². The fourth-order valence-electron chi connectivity index (χ4n) is 2.99. The monoisotopic (exact) mass is 296 g/mol. The molecule has 0 aromatic heterocycles. The zero-order chi connectivity index (χ0) is 14.2. The maximum absolute atomic E-state index is 6.06. The Morgan fingerprint density at radius 2 is 2.05 bits per heavy atom. The SMILES string of the molecule is CC1CC(C)C(C)N(c2ccc(Cl)cc2C(N)=S)C1. The van der Waals surface area contributed by atoms with Crippen LogP contribution < -0.4 is 10.6 Å². The average molecular weight is 297 g/mol. The molecule has 0 saturated carbocycles. The molecule has 4 heteroatoms. The summed E-state index contributed by atoms with van der Waals surface area (Å²) in [5, 5.41) is 0.678. The zero-order valence-electron chi connectivity index (χ0n) is 11.7. The summed E-state index contributed by atoms with van der Waals surface area (Å²) < 4.78 is 0. The van der Waals surface area contributed by atoms with Crippen LogP contribution in [0.2, 0.25) is 5.02 Å². The molecule has 1 aromatic rings. The second-order valence-electron chi connectivity index (χ2n) is 5.74. The molecule has 1 aliphatic heterocycles. The molecule has 1 fully saturated rings. The van der Waals surface area contributed by atoms with Gasteiger partial charge in [-0.15, -0.1) is 0 Å². The van der Waals surface area contributed by atoms with Crippen LogP contribution in [-0.4, -0.2) is 17.6 Å². The Morgan fingerprint density at radius 3 is 2.68 bits per heavy atom. The number of nitrogens with two attached hydrogens (primary N) is 1. The minimum Gasteiger partial charge on any atom is -0.389 e. The lowest BCUT2D eigenvalue weighted by Crippen LogP contribution is -2.46. The highest BCUT2D eigenvalue weighted by Gasteiger charge is 2.30. The molecular formula is C15H21ClN2S. The van der Waals surface area contributed by atoms with Crippen molar-refractivity contribution in [2.45, 2.75) is 33.2 Å². The van der Waals surface area contributed by atoms with Crippen molar-refractivity contribution in [2.75, 3.05) is 11.4 Å². The predicted molar refractivity (Wildman–Crippen MR) is 87.1 cm³/mol. The number of halogens is 1. The van der Waals surface area contributed by atoms with Gasteiger partial charge < -0.3 is 10.6 Å². The first-order chi connectivity index (χ1) is 8.90. The van der Waals surface area contributed by atoms with Gasteiger partial charge in [-0.05, 0) is 43.4 Å². The fraction of sp³-hybridized carbons (Fsp3) is 0.533. The first kappa shape index (κ1) is 14.6. The second-order valence-corrected chi connectivity index (χ2v) is 6.61. The van der Waals surface area contributed by atoms with E-state index >= 15 is 0 Å². The maximum Gasteiger partial charge on any atom is 0.106 e. The van der Waals surface area contributed by atoms with E-state index in [4.69, 9.17) is 29.6 Å². The highest BCUT2D eigenvalue weighted by atomic mass is 35.5. The number of benzene rings is 1. The number of thiocarbonyl (C=S) groups is 1.